The average Bonchev–Trinajstić information content (AvgIpc) is 2.67. The summed E-state index contributed by atoms with van der Waals surface area (Å²) in [6.45, 7) is 0. The molecule has 0 aliphatic carbocycles. The van der Waals surface area contributed by atoms with Gasteiger partial charge in [-0.15, -0.1) is 0 Å². The first kappa shape index (κ1) is 12.3. The Hall–Kier alpha value is -2.13. The minimum Gasteiger partial charge on any atom is -0.273 e. The number of hydrogen-bond acceptors (Lipinski definition) is 5. The number of aromatic amines is 2. The van der Waals surface area contributed by atoms with E-state index in [4.69, 9.17) is 24.4 Å². The number of nitrogens with one attached hydrogen (secondary N) is 2. The maximum atomic E-state index is 10.6. The van der Waals surface area contributed by atoms with Gasteiger partial charge in [-0.2, -0.15) is 9.78 Å². The third-order valence-corrected chi connectivity index (χ3v) is 2.61. The van der Waals surface area contributed by atoms with Crippen LogP contribution in [0.15, 0.2) is 29.4 Å². The van der Waals surface area contributed by atoms with Crippen LogP contribution in [0.4, 0.5) is 5.69 Å². The molecule has 0 saturated heterocycles. The van der Waals surface area contributed by atoms with Crippen LogP contribution in [0.1, 0.15) is 5.56 Å². The molecule has 0 saturated carbocycles. The van der Waals surface area contributed by atoms with Crippen molar-refractivity contribution in [2.75, 3.05) is 0 Å². The van der Waals surface area contributed by atoms with E-state index in [0.29, 0.717) is 15.1 Å². The molecule has 1 heterocycles. The molecule has 0 aliphatic rings. The van der Waals surface area contributed by atoms with E-state index >= 15 is 0 Å². The molecule has 0 fully saturated rings. The third-order valence-electron chi connectivity index (χ3n) is 2.06. The first-order valence-corrected chi connectivity index (χ1v) is 5.58. The Balaban J connectivity index is 2.35. The zero-order valence-corrected chi connectivity index (χ0v) is 10.5. The van der Waals surface area contributed by atoms with Crippen molar-refractivity contribution in [1.29, 1.82) is 0 Å². The van der Waals surface area contributed by atoms with Crippen LogP contribution in [0.5, 0.6) is 0 Å². The van der Waals surface area contributed by atoms with Crippen LogP contribution >= 0.6 is 24.4 Å². The van der Waals surface area contributed by atoms with Crippen LogP contribution in [0.25, 0.3) is 0 Å². The number of nitro benzene ring substituents is 1. The lowest BCUT2D eigenvalue weighted by atomic mass is 10.2. The molecule has 2 aromatic rings. The smallest absolute Gasteiger partial charge is 0.270 e. The largest absolute Gasteiger partial charge is 0.273 e. The Morgan fingerprint density at radius 3 is 2.61 bits per heavy atom. The van der Waals surface area contributed by atoms with Gasteiger partial charge in [0.15, 0.2) is 0 Å². The summed E-state index contributed by atoms with van der Waals surface area (Å²) < 4.78 is 1.95. The normalized spacial score (nSPS) is 10.9. The summed E-state index contributed by atoms with van der Waals surface area (Å²) in [5.41, 5.74) is 0.587. The van der Waals surface area contributed by atoms with Gasteiger partial charge in [-0.1, -0.05) is 12.1 Å². The van der Waals surface area contributed by atoms with Gasteiger partial charge < -0.3 is 0 Å². The highest BCUT2D eigenvalue weighted by Crippen LogP contribution is 2.11. The maximum absolute atomic E-state index is 10.6. The highest BCUT2D eigenvalue weighted by Gasteiger charge is 2.04. The number of nitrogens with zero attached hydrogens (tertiary/aromatic N) is 3. The minimum atomic E-state index is -0.467. The van der Waals surface area contributed by atoms with Crippen molar-refractivity contribution < 1.29 is 4.92 Å². The molecule has 0 aliphatic heterocycles. The predicted molar refractivity (Wildman–Crippen MR) is 70.9 cm³/mol. The van der Waals surface area contributed by atoms with E-state index in [1.54, 1.807) is 12.1 Å². The van der Waals surface area contributed by atoms with Crippen LogP contribution in [0.3, 0.4) is 0 Å². The van der Waals surface area contributed by atoms with E-state index in [1.165, 1.54) is 23.0 Å². The predicted octanol–water partition coefficient (Wildman–Crippen LogP) is 2.39. The summed E-state index contributed by atoms with van der Waals surface area (Å²) in [5.74, 6) is 0. The zero-order valence-electron chi connectivity index (χ0n) is 8.86. The van der Waals surface area contributed by atoms with Crippen LogP contribution in [-0.4, -0.2) is 26.0 Å². The number of aromatic nitrogens is 3. The number of nitro groups is 1. The van der Waals surface area contributed by atoms with Gasteiger partial charge in [0.05, 0.1) is 11.1 Å². The van der Waals surface area contributed by atoms with Gasteiger partial charge in [-0.25, -0.2) is 0 Å². The lowest BCUT2D eigenvalue weighted by Gasteiger charge is -1.94. The van der Waals surface area contributed by atoms with Gasteiger partial charge in [0.25, 0.3) is 5.69 Å². The number of non-ortho nitro benzene ring substituents is 1. The van der Waals surface area contributed by atoms with E-state index in [-0.39, 0.29) is 5.69 Å². The van der Waals surface area contributed by atoms with Crippen molar-refractivity contribution in [1.82, 2.24) is 14.9 Å². The van der Waals surface area contributed by atoms with Gasteiger partial charge in [0.2, 0.25) is 9.54 Å². The summed E-state index contributed by atoms with van der Waals surface area (Å²) in [7, 11) is 0. The SMILES string of the molecule is O=[N+]([O-])c1cccc(/C=N\n2c(=S)[nH][nH]c2=S)c1. The summed E-state index contributed by atoms with van der Waals surface area (Å²) in [6.07, 6.45) is 1.44. The van der Waals surface area contributed by atoms with Gasteiger partial charge in [-0.05, 0) is 24.4 Å². The Bertz CT molecular complexity index is 699. The second kappa shape index (κ2) is 5.02. The van der Waals surface area contributed by atoms with Crippen molar-refractivity contribution in [2.24, 2.45) is 5.10 Å². The molecular formula is C9H7N5O2S2. The molecule has 1 aromatic heterocycles. The van der Waals surface area contributed by atoms with Crippen LogP contribution in [0.2, 0.25) is 0 Å². The molecule has 0 spiro atoms. The first-order chi connectivity index (χ1) is 8.58. The molecule has 0 atom stereocenters. The van der Waals surface area contributed by atoms with Crippen molar-refractivity contribution in [3.8, 4) is 0 Å². The molecular weight excluding hydrogens is 274 g/mol. The quantitative estimate of drug-likeness (QED) is 0.391. The molecule has 1 aromatic carbocycles. The standard InChI is InChI=1S/C9H7N5O2S2/c15-14(16)7-3-1-2-6(4-7)5-10-13-8(17)11-12-9(13)18/h1-5H,(H,11,17)(H,12,18)/b10-5-. The molecule has 2 N–H and O–H groups in total. The second-order valence-corrected chi connectivity index (χ2v) is 4.04. The summed E-state index contributed by atoms with van der Waals surface area (Å²) in [6, 6.07) is 6.09. The van der Waals surface area contributed by atoms with Crippen molar-refractivity contribution in [3.05, 3.63) is 49.5 Å². The van der Waals surface area contributed by atoms with E-state index in [2.05, 4.69) is 15.3 Å². The van der Waals surface area contributed by atoms with E-state index in [9.17, 15) is 10.1 Å². The monoisotopic (exact) mass is 281 g/mol. The van der Waals surface area contributed by atoms with Gasteiger partial charge in [0, 0.05) is 17.7 Å². The number of rotatable bonds is 3. The molecule has 0 bridgehead atoms. The number of hydrogen-bond donors (Lipinski definition) is 2. The highest BCUT2D eigenvalue weighted by molar-refractivity contribution is 7.72. The number of benzene rings is 1. The molecule has 0 amide bonds. The fraction of sp³-hybridized carbons (Fsp3) is 0. The Labute approximate surface area is 111 Å². The first-order valence-electron chi connectivity index (χ1n) is 4.76. The second-order valence-electron chi connectivity index (χ2n) is 3.27. The van der Waals surface area contributed by atoms with Crippen molar-refractivity contribution in [3.63, 3.8) is 0 Å². The van der Waals surface area contributed by atoms with Crippen LogP contribution in [-0.2, 0) is 0 Å². The molecule has 2 rings (SSSR count). The minimum absolute atomic E-state index is 0.00164. The Morgan fingerprint density at radius 1 is 1.33 bits per heavy atom. The molecule has 0 radical (unpaired) electrons. The Morgan fingerprint density at radius 2 is 2.00 bits per heavy atom. The van der Waals surface area contributed by atoms with E-state index in [0.717, 1.165) is 0 Å². The molecule has 18 heavy (non-hydrogen) atoms. The van der Waals surface area contributed by atoms with Crippen molar-refractivity contribution >= 4 is 36.3 Å². The lowest BCUT2D eigenvalue weighted by molar-refractivity contribution is -0.384. The number of H-pyrrole nitrogens is 2. The van der Waals surface area contributed by atoms with Crippen LogP contribution in [0, 0.1) is 19.7 Å². The topological polar surface area (TPSA) is 92.0 Å². The lowest BCUT2D eigenvalue weighted by Crippen LogP contribution is -1.92. The fourth-order valence-corrected chi connectivity index (χ4v) is 1.69. The zero-order chi connectivity index (χ0) is 13.1. The summed E-state index contributed by atoms with van der Waals surface area (Å²) in [5, 5.41) is 19.9. The highest BCUT2D eigenvalue weighted by atomic mass is 32.1. The molecule has 9 heteroatoms. The molecule has 0 unspecified atom stereocenters. The Kier molecular flexibility index (Phi) is 3.44. The molecule has 92 valence electrons. The van der Waals surface area contributed by atoms with Gasteiger partial charge >= 0.3 is 0 Å². The maximum Gasteiger partial charge on any atom is 0.270 e. The molecule has 7 nitrogen and oxygen atoms in total. The summed E-state index contributed by atoms with van der Waals surface area (Å²) >= 11 is 9.89. The van der Waals surface area contributed by atoms with Crippen LogP contribution < -0.4 is 0 Å². The van der Waals surface area contributed by atoms with Gasteiger partial charge in [0.1, 0.15) is 0 Å². The summed E-state index contributed by atoms with van der Waals surface area (Å²) in [4.78, 5) is 10.1. The van der Waals surface area contributed by atoms with E-state index in [1.807, 2.05) is 0 Å². The fourth-order valence-electron chi connectivity index (χ4n) is 1.25. The van der Waals surface area contributed by atoms with Gasteiger partial charge in [-0.3, -0.25) is 20.3 Å². The van der Waals surface area contributed by atoms with Crippen molar-refractivity contribution in [2.45, 2.75) is 0 Å². The third kappa shape index (κ3) is 2.57. The van der Waals surface area contributed by atoms with E-state index < -0.39 is 4.92 Å². The average molecular weight is 281 g/mol.